The van der Waals surface area contributed by atoms with Gasteiger partial charge in [-0.3, -0.25) is 0 Å². The number of hydrogen-bond acceptors (Lipinski definition) is 4. The molecule has 1 aliphatic rings. The Kier molecular flexibility index (Phi) is 5.71. The standard InChI is InChI=1S/C15H24N2O2S2/c1-12(2)16-10-14-4-6-15(7-5-14)21(18,19)17-8-9-20-11-13(17)3/h4-7,12-13,16H,8-11H2,1-3H3. The molecule has 1 atom stereocenters. The highest BCUT2D eigenvalue weighted by Crippen LogP contribution is 2.24. The normalized spacial score (nSPS) is 20.9. The molecule has 0 bridgehead atoms. The minimum atomic E-state index is -3.36. The lowest BCUT2D eigenvalue weighted by Crippen LogP contribution is -2.44. The smallest absolute Gasteiger partial charge is 0.243 e. The summed E-state index contributed by atoms with van der Waals surface area (Å²) in [7, 11) is -3.36. The minimum absolute atomic E-state index is 0.0658. The molecule has 0 spiro atoms. The maximum Gasteiger partial charge on any atom is 0.243 e. The first-order chi connectivity index (χ1) is 9.91. The molecule has 6 heteroatoms. The lowest BCUT2D eigenvalue weighted by Gasteiger charge is -2.31. The zero-order chi connectivity index (χ0) is 15.5. The van der Waals surface area contributed by atoms with Crippen LogP contribution in [0.1, 0.15) is 26.3 Å². The average molecular weight is 329 g/mol. The van der Waals surface area contributed by atoms with Gasteiger partial charge in [0.2, 0.25) is 10.0 Å². The molecule has 1 fully saturated rings. The third-order valence-corrected chi connectivity index (χ3v) is 6.77. The van der Waals surface area contributed by atoms with Crippen molar-refractivity contribution < 1.29 is 8.42 Å². The molecular formula is C15H24N2O2S2. The number of nitrogens with zero attached hydrogens (tertiary/aromatic N) is 1. The zero-order valence-electron chi connectivity index (χ0n) is 12.9. The van der Waals surface area contributed by atoms with E-state index in [2.05, 4.69) is 19.2 Å². The summed E-state index contributed by atoms with van der Waals surface area (Å²) in [5, 5.41) is 3.33. The predicted octanol–water partition coefficient (Wildman–Crippen LogP) is 2.31. The van der Waals surface area contributed by atoms with E-state index in [-0.39, 0.29) is 6.04 Å². The molecule has 1 N–H and O–H groups in total. The van der Waals surface area contributed by atoms with Gasteiger partial charge < -0.3 is 5.32 Å². The van der Waals surface area contributed by atoms with E-state index in [0.29, 0.717) is 17.5 Å². The third-order valence-electron chi connectivity index (χ3n) is 3.55. The van der Waals surface area contributed by atoms with Crippen LogP contribution in [0, 0.1) is 0 Å². The Morgan fingerprint density at radius 2 is 2.00 bits per heavy atom. The Labute approximate surface area is 132 Å². The monoisotopic (exact) mass is 328 g/mol. The molecule has 0 radical (unpaired) electrons. The van der Waals surface area contributed by atoms with Crippen LogP contribution in [0.4, 0.5) is 0 Å². The number of thioether (sulfide) groups is 1. The molecule has 1 aliphatic heterocycles. The molecular weight excluding hydrogens is 304 g/mol. The van der Waals surface area contributed by atoms with Crippen molar-refractivity contribution in [2.45, 2.75) is 44.3 Å². The van der Waals surface area contributed by atoms with Gasteiger partial charge in [0.05, 0.1) is 4.90 Å². The van der Waals surface area contributed by atoms with Crippen molar-refractivity contribution >= 4 is 21.8 Å². The van der Waals surface area contributed by atoms with Crippen molar-refractivity contribution in [1.82, 2.24) is 9.62 Å². The molecule has 0 aromatic heterocycles. The van der Waals surface area contributed by atoms with Gasteiger partial charge in [0.25, 0.3) is 0 Å². The number of nitrogens with one attached hydrogen (secondary N) is 1. The molecule has 21 heavy (non-hydrogen) atoms. The average Bonchev–Trinajstić information content (AvgIpc) is 2.46. The number of sulfonamides is 1. The Bertz CT molecular complexity index is 556. The van der Waals surface area contributed by atoms with E-state index >= 15 is 0 Å². The van der Waals surface area contributed by atoms with E-state index in [1.54, 1.807) is 16.4 Å². The van der Waals surface area contributed by atoms with Gasteiger partial charge in [-0.25, -0.2) is 8.42 Å². The maximum atomic E-state index is 12.7. The number of rotatable bonds is 5. The molecule has 1 aromatic rings. The summed E-state index contributed by atoms with van der Waals surface area (Å²) >= 11 is 1.82. The number of hydrogen-bond donors (Lipinski definition) is 1. The first kappa shape index (κ1) is 16.8. The minimum Gasteiger partial charge on any atom is -0.310 e. The van der Waals surface area contributed by atoms with E-state index in [0.717, 1.165) is 23.6 Å². The lowest BCUT2D eigenvalue weighted by molar-refractivity contribution is 0.367. The highest BCUT2D eigenvalue weighted by Gasteiger charge is 2.31. The van der Waals surface area contributed by atoms with Crippen LogP contribution in [0.2, 0.25) is 0 Å². The molecule has 2 rings (SSSR count). The molecule has 0 saturated carbocycles. The molecule has 1 unspecified atom stereocenters. The van der Waals surface area contributed by atoms with Crippen molar-refractivity contribution in [1.29, 1.82) is 0 Å². The first-order valence-electron chi connectivity index (χ1n) is 7.33. The summed E-state index contributed by atoms with van der Waals surface area (Å²) in [5.74, 6) is 1.75. The number of benzene rings is 1. The van der Waals surface area contributed by atoms with Gasteiger partial charge in [-0.15, -0.1) is 0 Å². The van der Waals surface area contributed by atoms with Gasteiger partial charge in [0.15, 0.2) is 0 Å². The highest BCUT2D eigenvalue weighted by molar-refractivity contribution is 7.99. The van der Waals surface area contributed by atoms with Gasteiger partial charge in [0, 0.05) is 36.7 Å². The second-order valence-corrected chi connectivity index (χ2v) is 8.76. The van der Waals surface area contributed by atoms with Gasteiger partial charge >= 0.3 is 0 Å². The van der Waals surface area contributed by atoms with Crippen LogP contribution in [0.5, 0.6) is 0 Å². The van der Waals surface area contributed by atoms with Crippen LogP contribution < -0.4 is 5.32 Å². The van der Waals surface area contributed by atoms with Crippen LogP contribution in [-0.4, -0.2) is 42.9 Å². The Balaban J connectivity index is 2.13. The topological polar surface area (TPSA) is 49.4 Å². The summed E-state index contributed by atoms with van der Waals surface area (Å²) < 4.78 is 27.0. The van der Waals surface area contributed by atoms with Gasteiger partial charge in [-0.1, -0.05) is 26.0 Å². The van der Waals surface area contributed by atoms with Gasteiger partial charge in [0.1, 0.15) is 0 Å². The SMILES string of the molecule is CC(C)NCc1ccc(S(=O)(=O)N2CCSCC2C)cc1. The molecule has 1 saturated heterocycles. The molecule has 0 aliphatic carbocycles. The zero-order valence-corrected chi connectivity index (χ0v) is 14.5. The molecule has 118 valence electrons. The summed E-state index contributed by atoms with van der Waals surface area (Å²) in [4.78, 5) is 0.398. The van der Waals surface area contributed by atoms with Crippen molar-refractivity contribution in [3.8, 4) is 0 Å². The molecule has 1 heterocycles. The fourth-order valence-corrected chi connectivity index (χ4v) is 5.16. The Morgan fingerprint density at radius 1 is 1.33 bits per heavy atom. The molecule has 4 nitrogen and oxygen atoms in total. The highest BCUT2D eigenvalue weighted by atomic mass is 32.2. The maximum absolute atomic E-state index is 12.7. The fourth-order valence-electron chi connectivity index (χ4n) is 2.31. The summed E-state index contributed by atoms with van der Waals surface area (Å²) in [5.41, 5.74) is 1.10. The van der Waals surface area contributed by atoms with Crippen molar-refractivity contribution in [3.05, 3.63) is 29.8 Å². The Morgan fingerprint density at radius 3 is 2.57 bits per heavy atom. The Hall–Kier alpha value is -0.560. The van der Waals surface area contributed by atoms with Gasteiger partial charge in [-0.05, 0) is 24.6 Å². The summed E-state index contributed by atoms with van der Waals surface area (Å²) in [6.07, 6.45) is 0. The largest absolute Gasteiger partial charge is 0.310 e. The third kappa shape index (κ3) is 4.22. The van der Waals surface area contributed by atoms with E-state index in [9.17, 15) is 8.42 Å². The first-order valence-corrected chi connectivity index (χ1v) is 9.92. The summed E-state index contributed by atoms with van der Waals surface area (Å²) in [6, 6.07) is 7.72. The van der Waals surface area contributed by atoms with E-state index in [1.807, 2.05) is 30.8 Å². The van der Waals surface area contributed by atoms with Crippen LogP contribution in [-0.2, 0) is 16.6 Å². The second kappa shape index (κ2) is 7.13. The summed E-state index contributed by atoms with van der Waals surface area (Å²) in [6.45, 7) is 7.52. The van der Waals surface area contributed by atoms with Crippen LogP contribution >= 0.6 is 11.8 Å². The van der Waals surface area contributed by atoms with E-state index < -0.39 is 10.0 Å². The quantitative estimate of drug-likeness (QED) is 0.901. The van der Waals surface area contributed by atoms with Crippen molar-refractivity contribution in [2.75, 3.05) is 18.1 Å². The molecule has 1 aromatic carbocycles. The van der Waals surface area contributed by atoms with E-state index in [1.165, 1.54) is 0 Å². The van der Waals surface area contributed by atoms with Crippen molar-refractivity contribution in [3.63, 3.8) is 0 Å². The van der Waals surface area contributed by atoms with Gasteiger partial charge in [-0.2, -0.15) is 16.1 Å². The van der Waals surface area contributed by atoms with Crippen LogP contribution in [0.3, 0.4) is 0 Å². The van der Waals surface area contributed by atoms with Crippen LogP contribution in [0.25, 0.3) is 0 Å². The van der Waals surface area contributed by atoms with Crippen molar-refractivity contribution in [2.24, 2.45) is 0 Å². The fraction of sp³-hybridized carbons (Fsp3) is 0.600. The van der Waals surface area contributed by atoms with E-state index in [4.69, 9.17) is 0 Å². The molecule has 0 amide bonds. The lowest BCUT2D eigenvalue weighted by atomic mass is 10.2. The second-order valence-electron chi connectivity index (χ2n) is 5.72. The van der Waals surface area contributed by atoms with Crippen LogP contribution in [0.15, 0.2) is 29.2 Å². The predicted molar refractivity (Wildman–Crippen MR) is 89.1 cm³/mol.